The summed E-state index contributed by atoms with van der Waals surface area (Å²) in [7, 11) is 0. The van der Waals surface area contributed by atoms with Crippen LogP contribution in [0.1, 0.15) is 18.9 Å². The summed E-state index contributed by atoms with van der Waals surface area (Å²) in [6.45, 7) is 2.46. The quantitative estimate of drug-likeness (QED) is 0.850. The number of amides is 2. The first-order valence-corrected chi connectivity index (χ1v) is 8.88. The molecule has 6 heteroatoms. The van der Waals surface area contributed by atoms with Gasteiger partial charge in [0.15, 0.2) is 0 Å². The fraction of sp³-hybridized carbons (Fsp3) is 0.263. The molecule has 25 heavy (non-hydrogen) atoms. The molecular weight excluding hydrogens is 359 g/mol. The molecule has 3 rings (SSSR count). The van der Waals surface area contributed by atoms with Crippen LogP contribution in [-0.2, 0) is 16.0 Å². The summed E-state index contributed by atoms with van der Waals surface area (Å²) in [6.07, 6.45) is 1.14. The molecule has 2 aromatic carbocycles. The largest absolute Gasteiger partial charge is 0.326 e. The zero-order valence-electron chi connectivity index (χ0n) is 13.8. The van der Waals surface area contributed by atoms with E-state index in [1.165, 1.54) is 5.56 Å². The number of carbonyl (C=O) groups excluding carboxylic acids is 2. The lowest BCUT2D eigenvalue weighted by Gasteiger charge is -2.17. The maximum absolute atomic E-state index is 12.5. The van der Waals surface area contributed by atoms with Gasteiger partial charge < -0.3 is 10.2 Å². The topological polar surface area (TPSA) is 49.4 Å². The zero-order valence-corrected chi connectivity index (χ0v) is 15.3. The Morgan fingerprint density at radius 3 is 2.52 bits per heavy atom. The van der Waals surface area contributed by atoms with Gasteiger partial charge in [0.25, 0.3) is 0 Å². The smallest absolute Gasteiger partial charge is 0.229 e. The first-order valence-electron chi connectivity index (χ1n) is 8.13. The molecule has 0 aromatic heterocycles. The maximum atomic E-state index is 12.5. The van der Waals surface area contributed by atoms with Crippen molar-refractivity contribution in [3.8, 4) is 0 Å². The molecule has 2 amide bonds. The minimum atomic E-state index is -0.396. The highest BCUT2D eigenvalue weighted by molar-refractivity contribution is 6.42. The zero-order chi connectivity index (χ0) is 18.0. The average molecular weight is 377 g/mol. The Bertz CT molecular complexity index is 806. The number of anilines is 2. The van der Waals surface area contributed by atoms with E-state index in [0.717, 1.165) is 12.1 Å². The average Bonchev–Trinajstić information content (AvgIpc) is 3.00. The van der Waals surface area contributed by atoms with Gasteiger partial charge >= 0.3 is 0 Å². The number of halogens is 2. The fourth-order valence-corrected chi connectivity index (χ4v) is 3.16. The van der Waals surface area contributed by atoms with Crippen molar-refractivity contribution in [3.05, 3.63) is 58.1 Å². The number of rotatable bonds is 4. The van der Waals surface area contributed by atoms with Crippen molar-refractivity contribution in [2.75, 3.05) is 16.8 Å². The van der Waals surface area contributed by atoms with Gasteiger partial charge in [-0.25, -0.2) is 0 Å². The molecule has 0 saturated carbocycles. The lowest BCUT2D eigenvalue weighted by Crippen LogP contribution is -2.28. The van der Waals surface area contributed by atoms with Crippen LogP contribution in [-0.4, -0.2) is 18.4 Å². The number of benzene rings is 2. The molecule has 1 fully saturated rings. The van der Waals surface area contributed by atoms with Crippen LogP contribution < -0.4 is 10.2 Å². The molecule has 0 aliphatic carbocycles. The van der Waals surface area contributed by atoms with Crippen LogP contribution in [0.4, 0.5) is 11.4 Å². The Morgan fingerprint density at radius 2 is 1.88 bits per heavy atom. The minimum Gasteiger partial charge on any atom is -0.326 e. The number of hydrogen-bond acceptors (Lipinski definition) is 2. The van der Waals surface area contributed by atoms with Crippen molar-refractivity contribution in [2.24, 2.45) is 5.92 Å². The molecule has 1 aliphatic rings. The maximum Gasteiger partial charge on any atom is 0.229 e. The van der Waals surface area contributed by atoms with Gasteiger partial charge in [0, 0.05) is 24.3 Å². The van der Waals surface area contributed by atoms with E-state index in [1.54, 1.807) is 23.1 Å². The third kappa shape index (κ3) is 3.97. The van der Waals surface area contributed by atoms with Crippen LogP contribution in [0.5, 0.6) is 0 Å². The van der Waals surface area contributed by atoms with E-state index in [0.29, 0.717) is 22.3 Å². The lowest BCUT2D eigenvalue weighted by molar-refractivity contribution is -0.122. The van der Waals surface area contributed by atoms with Gasteiger partial charge in [-0.05, 0) is 42.3 Å². The summed E-state index contributed by atoms with van der Waals surface area (Å²) in [5, 5.41) is 3.60. The summed E-state index contributed by atoms with van der Waals surface area (Å²) in [4.78, 5) is 26.4. The summed E-state index contributed by atoms with van der Waals surface area (Å²) < 4.78 is 0. The van der Waals surface area contributed by atoms with E-state index in [9.17, 15) is 9.59 Å². The molecule has 0 bridgehead atoms. The third-order valence-corrected chi connectivity index (χ3v) is 5.08. The number of aryl methyl sites for hydroxylation is 1. The first kappa shape index (κ1) is 17.8. The molecule has 1 heterocycles. The summed E-state index contributed by atoms with van der Waals surface area (Å²) in [6, 6.07) is 12.8. The summed E-state index contributed by atoms with van der Waals surface area (Å²) >= 11 is 11.8. The standard InChI is InChI=1S/C19H18Cl2N2O2/c1-2-12-3-6-15(7-4-12)23-11-13(9-18(23)24)19(25)22-14-5-8-16(20)17(21)10-14/h3-8,10,13H,2,9,11H2,1H3,(H,22,25). The van der Waals surface area contributed by atoms with Gasteiger partial charge in [0.05, 0.1) is 16.0 Å². The summed E-state index contributed by atoms with van der Waals surface area (Å²) in [5.41, 5.74) is 2.61. The predicted octanol–water partition coefficient (Wildman–Crippen LogP) is 4.55. The lowest BCUT2D eigenvalue weighted by atomic mass is 10.1. The Labute approximate surface area is 156 Å². The van der Waals surface area contributed by atoms with E-state index in [4.69, 9.17) is 23.2 Å². The Morgan fingerprint density at radius 1 is 1.16 bits per heavy atom. The van der Waals surface area contributed by atoms with Crippen LogP contribution in [0.15, 0.2) is 42.5 Å². The van der Waals surface area contributed by atoms with Crippen molar-refractivity contribution < 1.29 is 9.59 Å². The molecule has 130 valence electrons. The van der Waals surface area contributed by atoms with Gasteiger partial charge in [-0.1, -0.05) is 42.3 Å². The SMILES string of the molecule is CCc1ccc(N2CC(C(=O)Nc3ccc(Cl)c(Cl)c3)CC2=O)cc1. The van der Waals surface area contributed by atoms with Crippen molar-refractivity contribution in [2.45, 2.75) is 19.8 Å². The number of hydrogen-bond donors (Lipinski definition) is 1. The van der Waals surface area contributed by atoms with Gasteiger partial charge in [-0.2, -0.15) is 0 Å². The minimum absolute atomic E-state index is 0.0430. The van der Waals surface area contributed by atoms with Crippen LogP contribution in [0.3, 0.4) is 0 Å². The monoisotopic (exact) mass is 376 g/mol. The molecule has 0 spiro atoms. The molecule has 2 aromatic rings. The Kier molecular flexibility index (Phi) is 5.30. The normalized spacial score (nSPS) is 17.0. The molecule has 1 N–H and O–H groups in total. The second-order valence-corrected chi connectivity index (χ2v) is 6.86. The number of nitrogens with one attached hydrogen (secondary N) is 1. The Hall–Kier alpha value is -2.04. The van der Waals surface area contributed by atoms with Gasteiger partial charge in [0.1, 0.15) is 0 Å². The highest BCUT2D eigenvalue weighted by Crippen LogP contribution is 2.28. The van der Waals surface area contributed by atoms with Gasteiger partial charge in [0.2, 0.25) is 11.8 Å². The number of nitrogens with zero attached hydrogens (tertiary/aromatic N) is 1. The second-order valence-electron chi connectivity index (χ2n) is 6.04. The highest BCUT2D eigenvalue weighted by atomic mass is 35.5. The fourth-order valence-electron chi connectivity index (χ4n) is 2.86. The molecule has 1 unspecified atom stereocenters. The van der Waals surface area contributed by atoms with Crippen LogP contribution in [0.25, 0.3) is 0 Å². The van der Waals surface area contributed by atoms with E-state index in [-0.39, 0.29) is 18.2 Å². The Balaban J connectivity index is 1.68. The second kappa shape index (κ2) is 7.46. The van der Waals surface area contributed by atoms with Crippen molar-refractivity contribution in [1.82, 2.24) is 0 Å². The first-order chi connectivity index (χ1) is 12.0. The van der Waals surface area contributed by atoms with Crippen molar-refractivity contribution >= 4 is 46.4 Å². The molecule has 4 nitrogen and oxygen atoms in total. The van der Waals surface area contributed by atoms with Crippen LogP contribution >= 0.6 is 23.2 Å². The predicted molar refractivity (Wildman–Crippen MR) is 101 cm³/mol. The highest BCUT2D eigenvalue weighted by Gasteiger charge is 2.35. The van der Waals surface area contributed by atoms with E-state index >= 15 is 0 Å². The van der Waals surface area contributed by atoms with Gasteiger partial charge in [-0.15, -0.1) is 0 Å². The van der Waals surface area contributed by atoms with E-state index < -0.39 is 5.92 Å². The van der Waals surface area contributed by atoms with E-state index in [1.807, 2.05) is 24.3 Å². The van der Waals surface area contributed by atoms with Crippen molar-refractivity contribution in [3.63, 3.8) is 0 Å². The van der Waals surface area contributed by atoms with Gasteiger partial charge in [-0.3, -0.25) is 9.59 Å². The molecular formula is C19H18Cl2N2O2. The molecule has 1 aliphatic heterocycles. The van der Waals surface area contributed by atoms with Crippen molar-refractivity contribution in [1.29, 1.82) is 0 Å². The number of carbonyl (C=O) groups is 2. The third-order valence-electron chi connectivity index (χ3n) is 4.34. The summed E-state index contributed by atoms with van der Waals surface area (Å²) in [5.74, 6) is -0.634. The van der Waals surface area contributed by atoms with Crippen LogP contribution in [0.2, 0.25) is 10.0 Å². The molecule has 1 atom stereocenters. The van der Waals surface area contributed by atoms with E-state index in [2.05, 4.69) is 12.2 Å². The van der Waals surface area contributed by atoms with Crippen LogP contribution in [0, 0.1) is 5.92 Å². The molecule has 1 saturated heterocycles. The molecule has 0 radical (unpaired) electrons.